The molecule has 0 unspecified atom stereocenters. The van der Waals surface area contributed by atoms with Gasteiger partial charge in [-0.2, -0.15) is 0 Å². The van der Waals surface area contributed by atoms with Crippen molar-refractivity contribution in [3.8, 4) is 0 Å². The van der Waals surface area contributed by atoms with Crippen LogP contribution >= 0.6 is 0 Å². The Morgan fingerprint density at radius 3 is 1.67 bits per heavy atom. The molecular weight excluding hydrogens is 157 g/mol. The summed E-state index contributed by atoms with van der Waals surface area (Å²) < 4.78 is 28.7. The van der Waals surface area contributed by atoms with Crippen molar-refractivity contribution in [3.05, 3.63) is 0 Å². The molecule has 0 bridgehead atoms. The molecule has 0 saturated carbocycles. The zero-order valence-electron chi connectivity index (χ0n) is 2.28. The van der Waals surface area contributed by atoms with Crippen molar-refractivity contribution in [2.45, 2.75) is 0 Å². The molecule has 34 valence electrons. The summed E-state index contributed by atoms with van der Waals surface area (Å²) in [5.74, 6) is 0. The minimum atomic E-state index is -3.06. The van der Waals surface area contributed by atoms with Crippen molar-refractivity contribution in [3.63, 3.8) is 0 Å². The Hall–Kier alpha value is 1.69. The standard InChI is InChI=1S/CH2F.K.Mn.2O.H/c1-2;;;;;/h1H2;;;;;. The van der Waals surface area contributed by atoms with Gasteiger partial charge in [0.2, 0.25) is 0 Å². The number of hydrogen-bond donors (Lipinski definition) is 0. The van der Waals surface area contributed by atoms with E-state index < -0.39 is 19.3 Å². The fraction of sp³-hybridized carbons (Fsp3) is 1.00. The van der Waals surface area contributed by atoms with Crippen LogP contribution in [0.15, 0.2) is 0 Å². The Kier molecular flexibility index (Phi) is 11.8. The van der Waals surface area contributed by atoms with Gasteiger partial charge in [-0.1, -0.05) is 0 Å². The summed E-state index contributed by atoms with van der Waals surface area (Å²) in [6.45, 7) is 0. The molecule has 0 aromatic heterocycles. The number of halogens is 1. The third-order valence-corrected chi connectivity index (χ3v) is 0.340. The first-order valence-electron chi connectivity index (χ1n) is 0.843. The normalized spacial score (nSPS) is 7.67. The van der Waals surface area contributed by atoms with Gasteiger partial charge in [-0.05, 0) is 0 Å². The summed E-state index contributed by atoms with van der Waals surface area (Å²) in [5.41, 5.74) is -1.20. The Labute approximate surface area is 81.2 Å². The number of alkyl halides is 1. The second kappa shape index (κ2) is 6.69. The number of hydrogen-bond acceptors (Lipinski definition) is 2. The van der Waals surface area contributed by atoms with Crippen molar-refractivity contribution >= 4 is 51.4 Å². The summed E-state index contributed by atoms with van der Waals surface area (Å²) >= 11 is -3.06. The molecule has 2 nitrogen and oxygen atoms in total. The maximum atomic E-state index is 10.5. The van der Waals surface area contributed by atoms with Crippen molar-refractivity contribution in [1.29, 1.82) is 0 Å². The first kappa shape index (κ1) is 10.6. The molecule has 0 aromatic rings. The SMILES string of the molecule is [KH].[O]=[Mn](=[O])[CH2]F. The first-order valence-corrected chi connectivity index (χ1v) is 2.64. The van der Waals surface area contributed by atoms with E-state index in [1.54, 1.807) is 0 Å². The number of rotatable bonds is 1. The fourth-order valence-electron chi connectivity index (χ4n) is 0. The summed E-state index contributed by atoms with van der Waals surface area (Å²) in [5, 5.41) is 0. The molecule has 0 spiro atoms. The molecule has 5 heteroatoms. The van der Waals surface area contributed by atoms with Crippen LogP contribution in [-0.2, 0) is 21.4 Å². The zero-order chi connectivity index (χ0) is 4.28. The van der Waals surface area contributed by atoms with Gasteiger partial charge in [0, 0.05) is 0 Å². The first-order chi connectivity index (χ1) is 2.27. The summed E-state index contributed by atoms with van der Waals surface area (Å²) in [6.07, 6.45) is 0. The van der Waals surface area contributed by atoms with Crippen LogP contribution in [0.4, 0.5) is 4.39 Å². The Bertz CT molecular complexity index is 71.6. The van der Waals surface area contributed by atoms with E-state index in [0.29, 0.717) is 0 Å². The third kappa shape index (κ3) is 9.19. The van der Waals surface area contributed by atoms with Crippen LogP contribution in [0.3, 0.4) is 0 Å². The predicted molar refractivity (Wildman–Crippen MR) is 14.5 cm³/mol. The van der Waals surface area contributed by atoms with Crippen LogP contribution in [0, 0.1) is 0 Å². The van der Waals surface area contributed by atoms with Crippen LogP contribution in [0.5, 0.6) is 0 Å². The zero-order valence-corrected chi connectivity index (χ0v) is 3.46. The predicted octanol–water partition coefficient (Wildman–Crippen LogP) is -0.426. The molecule has 0 saturated heterocycles. The van der Waals surface area contributed by atoms with Crippen molar-refractivity contribution in [2.24, 2.45) is 0 Å². The van der Waals surface area contributed by atoms with E-state index in [-0.39, 0.29) is 51.4 Å². The van der Waals surface area contributed by atoms with E-state index in [1.165, 1.54) is 0 Å². The molecule has 6 heavy (non-hydrogen) atoms. The molecule has 0 aliphatic rings. The van der Waals surface area contributed by atoms with Gasteiger partial charge in [-0.3, -0.25) is 0 Å². The molecule has 0 N–H and O–H groups in total. The van der Waals surface area contributed by atoms with Crippen LogP contribution < -0.4 is 0 Å². The molecule has 0 aromatic carbocycles. The van der Waals surface area contributed by atoms with E-state index in [2.05, 4.69) is 0 Å². The van der Waals surface area contributed by atoms with Crippen LogP contribution in [0.1, 0.15) is 0 Å². The van der Waals surface area contributed by atoms with E-state index in [0.717, 1.165) is 0 Å². The molecule has 0 radical (unpaired) electrons. The second-order valence-electron chi connectivity index (χ2n) is 0.382. The van der Waals surface area contributed by atoms with Gasteiger partial charge >= 0.3 is 82.8 Å². The topological polar surface area (TPSA) is 34.1 Å². The molecular formula is CH3FKMnO2. The third-order valence-electron chi connectivity index (χ3n) is 0.0825. The molecule has 0 rings (SSSR count). The maximum absolute atomic E-state index is 10.5. The van der Waals surface area contributed by atoms with Gasteiger partial charge in [0.25, 0.3) is 0 Å². The van der Waals surface area contributed by atoms with Gasteiger partial charge in [0.15, 0.2) is 0 Å². The monoisotopic (exact) mass is 160 g/mol. The van der Waals surface area contributed by atoms with E-state index >= 15 is 0 Å². The van der Waals surface area contributed by atoms with Crippen LogP contribution in [0.25, 0.3) is 0 Å². The van der Waals surface area contributed by atoms with E-state index in [4.69, 9.17) is 7.67 Å². The van der Waals surface area contributed by atoms with Crippen LogP contribution in [-0.4, -0.2) is 57.0 Å². The van der Waals surface area contributed by atoms with Gasteiger partial charge in [-0.25, -0.2) is 0 Å². The van der Waals surface area contributed by atoms with Crippen LogP contribution in [0.2, 0.25) is 0 Å². The van der Waals surface area contributed by atoms with Gasteiger partial charge in [-0.15, -0.1) is 0 Å². The van der Waals surface area contributed by atoms with Crippen molar-refractivity contribution in [2.75, 3.05) is 5.57 Å². The molecule has 0 aliphatic heterocycles. The van der Waals surface area contributed by atoms with Gasteiger partial charge in [0.05, 0.1) is 0 Å². The average Bonchev–Trinajstić information content (AvgIpc) is 1.38. The quantitative estimate of drug-likeness (QED) is 0.488. The van der Waals surface area contributed by atoms with Gasteiger partial charge < -0.3 is 0 Å². The minimum absolute atomic E-state index is 0. The molecule has 0 aliphatic carbocycles. The van der Waals surface area contributed by atoms with E-state index in [9.17, 15) is 4.39 Å². The van der Waals surface area contributed by atoms with Crippen molar-refractivity contribution in [1.82, 2.24) is 0 Å². The average molecular weight is 160 g/mol. The second-order valence-corrected chi connectivity index (χ2v) is 1.58. The Morgan fingerprint density at radius 1 is 1.50 bits per heavy atom. The van der Waals surface area contributed by atoms with Gasteiger partial charge in [0.1, 0.15) is 0 Å². The molecule has 0 atom stereocenters. The summed E-state index contributed by atoms with van der Waals surface area (Å²) in [4.78, 5) is 0. The Balaban J connectivity index is 0. The van der Waals surface area contributed by atoms with Crippen molar-refractivity contribution < 1.29 is 25.8 Å². The molecule has 0 heterocycles. The Morgan fingerprint density at radius 2 is 1.67 bits per heavy atom. The fourth-order valence-corrected chi connectivity index (χ4v) is 0. The summed E-state index contributed by atoms with van der Waals surface area (Å²) in [6, 6.07) is 0. The molecule has 0 fully saturated rings. The summed E-state index contributed by atoms with van der Waals surface area (Å²) in [7, 11) is 0. The van der Waals surface area contributed by atoms with E-state index in [1.807, 2.05) is 0 Å². The molecule has 0 amide bonds.